The number of benzene rings is 2. The van der Waals surface area contributed by atoms with Crippen LogP contribution in [-0.2, 0) is 19.6 Å². The number of carbonyl (C=O) groups is 2. The fourth-order valence-corrected chi connectivity index (χ4v) is 3.10. The monoisotopic (exact) mass is 456 g/mol. The average molecular weight is 457 g/mol. The number of hydrogen-bond acceptors (Lipinski definition) is 6. The molecule has 0 aliphatic carbocycles. The number of carbonyl (C=O) groups excluding carboxylic acids is 2. The van der Waals surface area contributed by atoms with Gasteiger partial charge in [-0.1, -0.05) is 6.07 Å². The van der Waals surface area contributed by atoms with Crippen molar-refractivity contribution in [2.24, 2.45) is 5.14 Å². The zero-order chi connectivity index (χ0) is 20.2. The Morgan fingerprint density at radius 2 is 1.89 bits per heavy atom. The molecule has 0 saturated heterocycles. The van der Waals surface area contributed by atoms with Crippen molar-refractivity contribution in [2.75, 3.05) is 19.0 Å². The summed E-state index contributed by atoms with van der Waals surface area (Å²) in [5.41, 5.74) is 1.28. The van der Waals surface area contributed by atoms with Gasteiger partial charge in [0.15, 0.2) is 6.61 Å². The summed E-state index contributed by atoms with van der Waals surface area (Å²) in [6.45, 7) is 1.28. The SMILES string of the molecule is COc1ccc(C)cc1NC(=O)COC(=O)c1cc(S(N)(=O)=O)ccc1Br. The number of hydrogen-bond donors (Lipinski definition) is 2. The van der Waals surface area contributed by atoms with Gasteiger partial charge in [-0.15, -0.1) is 0 Å². The van der Waals surface area contributed by atoms with Gasteiger partial charge in [-0.2, -0.15) is 0 Å². The zero-order valence-corrected chi connectivity index (χ0v) is 16.9. The second-order valence-corrected chi connectivity index (χ2v) is 7.93. The molecule has 144 valence electrons. The molecule has 0 aromatic heterocycles. The van der Waals surface area contributed by atoms with E-state index in [1.807, 2.05) is 13.0 Å². The molecule has 10 heteroatoms. The lowest BCUT2D eigenvalue weighted by Gasteiger charge is -2.11. The van der Waals surface area contributed by atoms with Crippen LogP contribution in [0.4, 0.5) is 5.69 Å². The van der Waals surface area contributed by atoms with E-state index in [0.717, 1.165) is 11.6 Å². The number of sulfonamides is 1. The Bertz CT molecular complexity index is 991. The van der Waals surface area contributed by atoms with E-state index in [4.69, 9.17) is 14.6 Å². The van der Waals surface area contributed by atoms with E-state index in [9.17, 15) is 18.0 Å². The van der Waals surface area contributed by atoms with E-state index in [0.29, 0.717) is 15.9 Å². The molecule has 2 aromatic rings. The van der Waals surface area contributed by atoms with Gasteiger partial charge in [-0.3, -0.25) is 4.79 Å². The molecule has 0 heterocycles. The van der Waals surface area contributed by atoms with Crippen LogP contribution < -0.4 is 15.2 Å². The fraction of sp³-hybridized carbons (Fsp3) is 0.176. The standard InChI is InChI=1S/C17H17BrN2O6S/c1-10-3-6-15(25-2)14(7-10)20-16(21)9-26-17(22)12-8-11(27(19,23)24)4-5-13(12)18/h3-8H,9H2,1-2H3,(H,20,21)(H2,19,23,24). The second-order valence-electron chi connectivity index (χ2n) is 5.51. The quantitative estimate of drug-likeness (QED) is 0.641. The summed E-state index contributed by atoms with van der Waals surface area (Å²) < 4.78 is 33.2. The maximum atomic E-state index is 12.2. The summed E-state index contributed by atoms with van der Waals surface area (Å²) in [5, 5.41) is 7.64. The number of nitrogens with one attached hydrogen (secondary N) is 1. The van der Waals surface area contributed by atoms with Gasteiger partial charge in [0, 0.05) is 4.47 Å². The third kappa shape index (κ3) is 5.52. The Morgan fingerprint density at radius 1 is 1.19 bits per heavy atom. The van der Waals surface area contributed by atoms with E-state index in [1.165, 1.54) is 19.2 Å². The van der Waals surface area contributed by atoms with E-state index < -0.39 is 28.5 Å². The van der Waals surface area contributed by atoms with Gasteiger partial charge in [0.25, 0.3) is 5.91 Å². The molecule has 0 aliphatic rings. The highest BCUT2D eigenvalue weighted by Gasteiger charge is 2.18. The molecule has 3 N–H and O–H groups in total. The first kappa shape index (κ1) is 20.9. The van der Waals surface area contributed by atoms with Crippen LogP contribution in [0.5, 0.6) is 5.75 Å². The summed E-state index contributed by atoms with van der Waals surface area (Å²) in [6, 6.07) is 8.91. The molecule has 1 amide bonds. The smallest absolute Gasteiger partial charge is 0.339 e. The van der Waals surface area contributed by atoms with E-state index in [-0.39, 0.29) is 10.5 Å². The second kappa shape index (κ2) is 8.51. The van der Waals surface area contributed by atoms with Crippen molar-refractivity contribution in [2.45, 2.75) is 11.8 Å². The lowest BCUT2D eigenvalue weighted by molar-refractivity contribution is -0.119. The summed E-state index contributed by atoms with van der Waals surface area (Å²) in [6.07, 6.45) is 0. The number of amides is 1. The van der Waals surface area contributed by atoms with Crippen LogP contribution in [-0.4, -0.2) is 34.0 Å². The van der Waals surface area contributed by atoms with Crippen molar-refractivity contribution in [3.8, 4) is 5.75 Å². The lowest BCUT2D eigenvalue weighted by atomic mass is 10.2. The number of halogens is 1. The molecule has 0 atom stereocenters. The minimum absolute atomic E-state index is 0.0672. The third-order valence-corrected chi connectivity index (χ3v) is 5.05. The van der Waals surface area contributed by atoms with E-state index in [2.05, 4.69) is 21.2 Å². The van der Waals surface area contributed by atoms with Crippen LogP contribution >= 0.6 is 15.9 Å². The van der Waals surface area contributed by atoms with Gasteiger partial charge in [0.1, 0.15) is 5.75 Å². The molecule has 0 radical (unpaired) electrons. The molecule has 0 bridgehead atoms. The van der Waals surface area contributed by atoms with Gasteiger partial charge < -0.3 is 14.8 Å². The van der Waals surface area contributed by atoms with Crippen molar-refractivity contribution in [3.05, 3.63) is 52.0 Å². The predicted molar refractivity (Wildman–Crippen MR) is 102 cm³/mol. The summed E-state index contributed by atoms with van der Waals surface area (Å²) in [5.74, 6) is -0.992. The maximum absolute atomic E-state index is 12.2. The predicted octanol–water partition coefficient (Wildman–Crippen LogP) is 2.21. The minimum Gasteiger partial charge on any atom is -0.495 e. The lowest BCUT2D eigenvalue weighted by Crippen LogP contribution is -2.21. The number of aryl methyl sites for hydroxylation is 1. The highest BCUT2D eigenvalue weighted by molar-refractivity contribution is 9.10. The van der Waals surface area contributed by atoms with Crippen LogP contribution in [0.3, 0.4) is 0 Å². The molecule has 0 aliphatic heterocycles. The molecule has 2 rings (SSSR count). The van der Waals surface area contributed by atoms with Crippen molar-refractivity contribution in [3.63, 3.8) is 0 Å². The van der Waals surface area contributed by atoms with Crippen molar-refractivity contribution in [1.29, 1.82) is 0 Å². The minimum atomic E-state index is -3.98. The third-order valence-electron chi connectivity index (χ3n) is 3.45. The fourth-order valence-electron chi connectivity index (χ4n) is 2.15. The number of ether oxygens (including phenoxy) is 2. The first-order valence-corrected chi connectivity index (χ1v) is 9.89. The van der Waals surface area contributed by atoms with Crippen molar-refractivity contribution >= 4 is 43.5 Å². The molecular weight excluding hydrogens is 440 g/mol. The van der Waals surface area contributed by atoms with Gasteiger partial charge in [-0.05, 0) is 58.7 Å². The zero-order valence-electron chi connectivity index (χ0n) is 14.5. The van der Waals surface area contributed by atoms with Gasteiger partial charge in [0.2, 0.25) is 10.0 Å². The molecule has 0 fully saturated rings. The molecule has 27 heavy (non-hydrogen) atoms. The number of methoxy groups -OCH3 is 1. The van der Waals surface area contributed by atoms with Gasteiger partial charge >= 0.3 is 5.97 Å². The number of primary sulfonamides is 1. The molecule has 0 unspecified atom stereocenters. The Morgan fingerprint density at radius 3 is 2.52 bits per heavy atom. The van der Waals surface area contributed by atoms with Crippen molar-refractivity contribution < 1.29 is 27.5 Å². The largest absolute Gasteiger partial charge is 0.495 e. The molecule has 0 spiro atoms. The van der Waals surface area contributed by atoms with Crippen LogP contribution in [0.15, 0.2) is 45.8 Å². The number of esters is 1. The van der Waals surface area contributed by atoms with E-state index in [1.54, 1.807) is 12.1 Å². The molecule has 0 saturated carbocycles. The first-order chi connectivity index (χ1) is 12.6. The maximum Gasteiger partial charge on any atom is 0.339 e. The summed E-state index contributed by atoms with van der Waals surface area (Å²) in [4.78, 5) is 24.0. The Kier molecular flexibility index (Phi) is 6.58. The van der Waals surface area contributed by atoms with Crippen LogP contribution in [0, 0.1) is 6.92 Å². The highest BCUT2D eigenvalue weighted by atomic mass is 79.9. The Balaban J connectivity index is 2.08. The number of rotatable bonds is 6. The van der Waals surface area contributed by atoms with Crippen LogP contribution in [0.1, 0.15) is 15.9 Å². The summed E-state index contributed by atoms with van der Waals surface area (Å²) >= 11 is 3.13. The number of anilines is 1. The van der Waals surface area contributed by atoms with Gasteiger partial charge in [0.05, 0.1) is 23.3 Å². The van der Waals surface area contributed by atoms with Crippen LogP contribution in [0.25, 0.3) is 0 Å². The molecule has 2 aromatic carbocycles. The van der Waals surface area contributed by atoms with Crippen molar-refractivity contribution in [1.82, 2.24) is 0 Å². The molecule has 8 nitrogen and oxygen atoms in total. The Hall–Kier alpha value is -2.43. The Labute approximate surface area is 164 Å². The summed E-state index contributed by atoms with van der Waals surface area (Å²) in [7, 11) is -2.51. The van der Waals surface area contributed by atoms with Crippen LogP contribution in [0.2, 0.25) is 0 Å². The first-order valence-electron chi connectivity index (χ1n) is 7.56. The number of nitrogens with two attached hydrogens (primary N) is 1. The molecular formula is C17H17BrN2O6S. The normalized spacial score (nSPS) is 11.0. The highest BCUT2D eigenvalue weighted by Crippen LogP contribution is 2.25. The average Bonchev–Trinajstić information content (AvgIpc) is 2.59. The van der Waals surface area contributed by atoms with Gasteiger partial charge in [-0.25, -0.2) is 18.4 Å². The van der Waals surface area contributed by atoms with E-state index >= 15 is 0 Å². The topological polar surface area (TPSA) is 125 Å².